The highest BCUT2D eigenvalue weighted by Crippen LogP contribution is 2.59. The van der Waals surface area contributed by atoms with Gasteiger partial charge in [-0.2, -0.15) is 101 Å². The van der Waals surface area contributed by atoms with Crippen LogP contribution in [-0.2, 0) is 19.1 Å². The van der Waals surface area contributed by atoms with E-state index in [0.29, 0.717) is 0 Å². The third kappa shape index (κ3) is 10.7. The number of hydrogen-bond donors (Lipinski definition) is 2. The minimum atomic E-state index is -7.27. The lowest BCUT2D eigenvalue weighted by Crippen LogP contribution is -2.73. The van der Waals surface area contributed by atoms with E-state index in [4.69, 9.17) is 5.11 Å². The first-order valence-electron chi connectivity index (χ1n) is 16.2. The van der Waals surface area contributed by atoms with E-state index < -0.39 is 132 Å². The number of hydrogen-bond acceptors (Lipinski definition) is 6. The number of esters is 2. The van der Waals surface area contributed by atoms with Crippen molar-refractivity contribution in [2.24, 2.45) is 22.7 Å². The Morgan fingerprint density at radius 3 is 1.07 bits per heavy atom. The molecule has 0 aromatic carbocycles. The van der Waals surface area contributed by atoms with Crippen LogP contribution in [0.1, 0.15) is 80.1 Å². The molecule has 59 heavy (non-hydrogen) atoms. The average Bonchev–Trinajstić information content (AvgIpc) is 3.01. The SMILES string of the molecule is CCC(C)(C)C(=O)OC(C(F)(F)F)C(F)(F)C(O)(C(F)(F)F)C(F)(F)F.CCC(C)(C)C(=O)OC(C1CCC(C(O)(C(F)(F)F)C(F)(F)F)CC1)(C(F)(F)F)C(F)(F)F. The summed E-state index contributed by atoms with van der Waals surface area (Å²) in [5, 5.41) is 18.0. The number of aliphatic hydroxyl groups is 2. The molecular weight excluding hydrogens is 893 g/mol. The molecule has 352 valence electrons. The number of rotatable bonds is 10. The maximum Gasteiger partial charge on any atom is 0.437 e. The van der Waals surface area contributed by atoms with E-state index in [1.54, 1.807) is 0 Å². The van der Waals surface area contributed by atoms with Crippen molar-refractivity contribution in [2.75, 3.05) is 0 Å². The molecule has 0 amide bonds. The largest absolute Gasteiger partial charge is 0.446 e. The molecule has 0 bridgehead atoms. The van der Waals surface area contributed by atoms with Crippen LogP contribution in [0.2, 0.25) is 0 Å². The van der Waals surface area contributed by atoms with Crippen molar-refractivity contribution in [3.05, 3.63) is 0 Å². The van der Waals surface area contributed by atoms with Crippen molar-refractivity contribution in [3.63, 3.8) is 0 Å². The zero-order valence-electron chi connectivity index (χ0n) is 30.7. The van der Waals surface area contributed by atoms with Gasteiger partial charge in [0.15, 0.2) is 0 Å². The van der Waals surface area contributed by atoms with Gasteiger partial charge in [0.2, 0.25) is 0 Å². The molecule has 1 unspecified atom stereocenters. The number of carbonyl (C=O) groups excluding carboxylic acids is 2. The molecule has 2 N–H and O–H groups in total. The zero-order chi connectivity index (χ0) is 48.0. The van der Waals surface area contributed by atoms with Gasteiger partial charge in [-0.15, -0.1) is 0 Å². The van der Waals surface area contributed by atoms with E-state index in [0.717, 1.165) is 27.7 Å². The minimum Gasteiger partial charge on any atom is -0.446 e. The molecule has 0 radical (unpaired) electrons. The fraction of sp³-hybridized carbons (Fsp3) is 0.933. The second-order valence-electron chi connectivity index (χ2n) is 14.6. The Hall–Kier alpha value is -2.75. The predicted octanol–water partition coefficient (Wildman–Crippen LogP) is 10.9. The van der Waals surface area contributed by atoms with Gasteiger partial charge in [0.25, 0.3) is 11.7 Å². The summed E-state index contributed by atoms with van der Waals surface area (Å²) in [5.41, 5.74) is -21.3. The topological polar surface area (TPSA) is 93.1 Å². The number of ether oxygens (including phenoxy) is 2. The number of alkyl halides is 23. The van der Waals surface area contributed by atoms with Crippen molar-refractivity contribution in [3.8, 4) is 0 Å². The van der Waals surface area contributed by atoms with Crippen LogP contribution >= 0.6 is 0 Å². The van der Waals surface area contributed by atoms with Crippen molar-refractivity contribution >= 4 is 11.9 Å². The van der Waals surface area contributed by atoms with Gasteiger partial charge in [-0.05, 0) is 66.2 Å². The highest BCUT2D eigenvalue weighted by molar-refractivity contribution is 5.76. The van der Waals surface area contributed by atoms with Gasteiger partial charge in [0, 0.05) is 11.8 Å². The normalized spacial score (nSPS) is 19.7. The molecule has 29 heteroatoms. The van der Waals surface area contributed by atoms with Crippen LogP contribution in [0.3, 0.4) is 0 Å². The maximum absolute atomic E-state index is 13.8. The summed E-state index contributed by atoms with van der Waals surface area (Å²) in [6.07, 6.45) is -57.9. The maximum atomic E-state index is 13.8. The predicted molar refractivity (Wildman–Crippen MR) is 150 cm³/mol. The summed E-state index contributed by atoms with van der Waals surface area (Å²) in [5.74, 6) is -16.5. The smallest absolute Gasteiger partial charge is 0.437 e. The molecular formula is C30H35F23O6. The van der Waals surface area contributed by atoms with Gasteiger partial charge >= 0.3 is 72.3 Å². The molecule has 6 nitrogen and oxygen atoms in total. The Bertz CT molecular complexity index is 1380. The first kappa shape index (κ1) is 56.2. The Kier molecular flexibility index (Phi) is 16.1. The van der Waals surface area contributed by atoms with Gasteiger partial charge in [0.05, 0.1) is 10.8 Å². The Balaban J connectivity index is 0.00000118. The molecule has 0 aromatic rings. The molecule has 0 aromatic heterocycles. The lowest BCUT2D eigenvalue weighted by Gasteiger charge is -2.47. The monoisotopic (exact) mass is 928 g/mol. The number of halogens is 23. The van der Waals surface area contributed by atoms with E-state index in [2.05, 4.69) is 9.47 Å². The van der Waals surface area contributed by atoms with Crippen LogP contribution in [-0.4, -0.2) is 94.2 Å². The minimum absolute atomic E-state index is 0.228. The van der Waals surface area contributed by atoms with E-state index >= 15 is 0 Å². The average molecular weight is 929 g/mol. The Morgan fingerprint density at radius 1 is 0.508 bits per heavy atom. The summed E-state index contributed by atoms with van der Waals surface area (Å²) in [7, 11) is 0. The molecule has 1 aliphatic rings. The molecule has 0 spiro atoms. The van der Waals surface area contributed by atoms with Gasteiger partial charge in [-0.3, -0.25) is 9.59 Å². The lowest BCUT2D eigenvalue weighted by molar-refractivity contribution is -0.445. The molecule has 0 saturated heterocycles. The first-order valence-corrected chi connectivity index (χ1v) is 16.2. The van der Waals surface area contributed by atoms with E-state index in [1.807, 2.05) is 0 Å². The van der Waals surface area contributed by atoms with Crippen LogP contribution in [0.25, 0.3) is 0 Å². The van der Waals surface area contributed by atoms with Gasteiger partial charge in [-0.25, -0.2) is 0 Å². The highest BCUT2D eigenvalue weighted by atomic mass is 19.4. The molecule has 0 aliphatic heterocycles. The molecule has 1 atom stereocenters. The van der Waals surface area contributed by atoms with Gasteiger partial charge in [-0.1, -0.05) is 13.8 Å². The highest BCUT2D eigenvalue weighted by Gasteiger charge is 2.87. The molecule has 1 rings (SSSR count). The number of carbonyl (C=O) groups is 2. The molecule has 1 fully saturated rings. The van der Waals surface area contributed by atoms with E-state index in [1.165, 1.54) is 13.8 Å². The fourth-order valence-corrected chi connectivity index (χ4v) is 5.28. The van der Waals surface area contributed by atoms with Crippen LogP contribution in [0.5, 0.6) is 0 Å². The molecule has 1 aliphatic carbocycles. The molecule has 0 heterocycles. The quantitative estimate of drug-likeness (QED) is 0.167. The summed E-state index contributed by atoms with van der Waals surface area (Å²) in [6.45, 7) is 6.20. The molecule has 1 saturated carbocycles. The van der Waals surface area contributed by atoms with Crippen LogP contribution < -0.4 is 0 Å². The van der Waals surface area contributed by atoms with Crippen LogP contribution in [0.15, 0.2) is 0 Å². The third-order valence-electron chi connectivity index (χ3n) is 9.88. The third-order valence-corrected chi connectivity index (χ3v) is 9.88. The second-order valence-corrected chi connectivity index (χ2v) is 14.6. The summed E-state index contributed by atoms with van der Waals surface area (Å²) in [6, 6.07) is 0. The van der Waals surface area contributed by atoms with Crippen molar-refractivity contribution in [1.29, 1.82) is 0 Å². The second kappa shape index (κ2) is 16.8. The van der Waals surface area contributed by atoms with E-state index in [-0.39, 0.29) is 12.8 Å². The standard InChI is InChI=1S/C18H22F12O3.C12H13F11O3/c1-4-12(2,3)11(31)33-14(17(25,26)27,18(28,29)30)10-7-5-9(6-8-10)13(32,15(19,20)21)16(22,23)24;1-4-7(2,3)6(24)26-5(9(15,16)17)8(13,14)10(25,11(18,19)20)12(21,22)23/h9-10,32H,4-8H2,1-3H3;5,25H,4H2,1-3H3. The zero-order valence-corrected chi connectivity index (χ0v) is 30.7. The van der Waals surface area contributed by atoms with Crippen LogP contribution in [0, 0.1) is 22.7 Å². The summed E-state index contributed by atoms with van der Waals surface area (Å²) < 4.78 is 309. The summed E-state index contributed by atoms with van der Waals surface area (Å²) in [4.78, 5) is 23.7. The summed E-state index contributed by atoms with van der Waals surface area (Å²) >= 11 is 0. The van der Waals surface area contributed by atoms with Crippen molar-refractivity contribution in [1.82, 2.24) is 0 Å². The van der Waals surface area contributed by atoms with E-state index in [9.17, 15) is 116 Å². The lowest BCUT2D eigenvalue weighted by atomic mass is 9.67. The first-order chi connectivity index (χ1) is 25.5. The Labute approximate surface area is 317 Å². The van der Waals surface area contributed by atoms with Crippen molar-refractivity contribution in [2.45, 2.75) is 152 Å². The Morgan fingerprint density at radius 2 is 0.814 bits per heavy atom. The van der Waals surface area contributed by atoms with Gasteiger partial charge < -0.3 is 19.7 Å². The van der Waals surface area contributed by atoms with Crippen molar-refractivity contribution < 1.29 is 130 Å². The fourth-order valence-electron chi connectivity index (χ4n) is 5.28. The van der Waals surface area contributed by atoms with Gasteiger partial charge in [0.1, 0.15) is 0 Å². The van der Waals surface area contributed by atoms with Crippen LogP contribution in [0.4, 0.5) is 101 Å².